The number of pyridine rings is 2. The summed E-state index contributed by atoms with van der Waals surface area (Å²) in [7, 11) is 1.01. The number of carbonyl (C=O) groups excluding carboxylic acids is 1. The van der Waals surface area contributed by atoms with E-state index in [9.17, 15) is 18.5 Å². The van der Waals surface area contributed by atoms with Crippen LogP contribution in [-0.4, -0.2) is 71.7 Å². The number of rotatable bonds is 8. The van der Waals surface area contributed by atoms with Gasteiger partial charge >= 0.3 is 0 Å². The molecule has 0 radical (unpaired) electrons. The molecule has 3 heterocycles. The third-order valence-electron chi connectivity index (χ3n) is 5.65. The maximum absolute atomic E-state index is 13.0. The van der Waals surface area contributed by atoms with Crippen LogP contribution in [0, 0.1) is 11.3 Å². The summed E-state index contributed by atoms with van der Waals surface area (Å²) in [6.07, 6.45) is 4.20. The number of amides is 1. The Morgan fingerprint density at radius 1 is 1.33 bits per heavy atom. The van der Waals surface area contributed by atoms with Crippen molar-refractivity contribution >= 4 is 21.6 Å². The van der Waals surface area contributed by atoms with Gasteiger partial charge in [0.05, 0.1) is 24.1 Å². The predicted molar refractivity (Wildman–Crippen MR) is 119 cm³/mol. The molecule has 1 saturated carbocycles. The van der Waals surface area contributed by atoms with Crippen molar-refractivity contribution in [1.29, 1.82) is 5.26 Å². The highest BCUT2D eigenvalue weighted by Gasteiger charge is 2.54. The molecular weight excluding hydrogens is 446 g/mol. The van der Waals surface area contributed by atoms with Crippen molar-refractivity contribution in [1.82, 2.24) is 29.2 Å². The lowest BCUT2D eigenvalue weighted by molar-refractivity contribution is -0.123. The van der Waals surface area contributed by atoms with Crippen molar-refractivity contribution in [3.63, 3.8) is 0 Å². The van der Waals surface area contributed by atoms with E-state index in [0.29, 0.717) is 46.9 Å². The molecule has 1 fully saturated rings. The lowest BCUT2D eigenvalue weighted by Crippen LogP contribution is -2.39. The first-order valence-corrected chi connectivity index (χ1v) is 11.8. The van der Waals surface area contributed by atoms with E-state index in [-0.39, 0.29) is 18.2 Å². The van der Waals surface area contributed by atoms with E-state index < -0.39 is 15.4 Å². The molecule has 3 aromatic rings. The summed E-state index contributed by atoms with van der Waals surface area (Å²) >= 11 is 0. The van der Waals surface area contributed by atoms with Crippen molar-refractivity contribution in [2.45, 2.75) is 18.3 Å². The molecule has 0 aliphatic heterocycles. The minimum absolute atomic E-state index is 0.00431. The number of nitrogens with one attached hydrogen (secondary N) is 1. The van der Waals surface area contributed by atoms with Crippen LogP contribution < -0.4 is 10.1 Å². The van der Waals surface area contributed by atoms with E-state index in [1.165, 1.54) is 27.4 Å². The Balaban J connectivity index is 1.67. The summed E-state index contributed by atoms with van der Waals surface area (Å²) in [6.45, 7) is -0.00431. The molecule has 33 heavy (non-hydrogen) atoms. The third kappa shape index (κ3) is 4.12. The Morgan fingerprint density at radius 2 is 2.09 bits per heavy atom. The molecular formula is C21H23N7O4S. The highest BCUT2D eigenvalue weighted by molar-refractivity contribution is 7.89. The smallest absolute Gasteiger partial charge is 0.234 e. The van der Waals surface area contributed by atoms with E-state index in [4.69, 9.17) is 4.74 Å². The number of sulfonamides is 1. The van der Waals surface area contributed by atoms with Crippen LogP contribution in [0.15, 0.2) is 30.6 Å². The molecule has 1 N–H and O–H groups in total. The van der Waals surface area contributed by atoms with Crippen LogP contribution in [0.4, 0.5) is 0 Å². The molecule has 3 aromatic heterocycles. The topological polar surface area (TPSA) is 143 Å². The van der Waals surface area contributed by atoms with E-state index in [1.807, 2.05) is 0 Å². The standard InChI is InChI=1S/C21H23N7O4S/c1-27(2)33(30,31)9-8-24-20(29)21(6-7-21)19-25-18-17(32-3)5-4-16(28(18)26-19)15-10-14(11-22)12-23-13-15/h4-5,10,12-13H,6-9H2,1-3H3,(H,24,29). The van der Waals surface area contributed by atoms with Gasteiger partial charge in [0.2, 0.25) is 15.9 Å². The second-order valence-electron chi connectivity index (χ2n) is 7.97. The van der Waals surface area contributed by atoms with E-state index in [0.717, 1.165) is 4.31 Å². The first-order valence-electron chi connectivity index (χ1n) is 10.2. The molecule has 12 heteroatoms. The van der Waals surface area contributed by atoms with Crippen LogP contribution in [0.25, 0.3) is 16.9 Å². The number of methoxy groups -OCH3 is 1. The van der Waals surface area contributed by atoms with Crippen molar-refractivity contribution in [2.75, 3.05) is 33.5 Å². The normalized spacial score (nSPS) is 14.8. The molecule has 0 bridgehead atoms. The zero-order valence-corrected chi connectivity index (χ0v) is 19.3. The van der Waals surface area contributed by atoms with Crippen molar-refractivity contribution in [2.24, 2.45) is 0 Å². The fraction of sp³-hybridized carbons (Fsp3) is 0.381. The monoisotopic (exact) mass is 469 g/mol. The van der Waals surface area contributed by atoms with Crippen LogP contribution in [0.1, 0.15) is 24.2 Å². The number of hydrogen-bond donors (Lipinski definition) is 1. The Labute approximate surface area is 191 Å². The number of carbonyl (C=O) groups is 1. The molecule has 0 atom stereocenters. The summed E-state index contributed by atoms with van der Waals surface area (Å²) < 4.78 is 32.1. The van der Waals surface area contributed by atoms with Crippen molar-refractivity contribution in [3.05, 3.63) is 42.0 Å². The molecule has 0 saturated heterocycles. The fourth-order valence-corrected chi connectivity index (χ4v) is 4.21. The van der Waals surface area contributed by atoms with Crippen LogP contribution in [0.2, 0.25) is 0 Å². The van der Waals surface area contributed by atoms with Gasteiger partial charge < -0.3 is 10.1 Å². The molecule has 0 spiro atoms. The summed E-state index contributed by atoms with van der Waals surface area (Å²) in [5, 5.41) is 16.5. The Kier molecular flexibility index (Phi) is 5.77. The van der Waals surface area contributed by atoms with Gasteiger partial charge in [-0.2, -0.15) is 5.26 Å². The van der Waals surface area contributed by atoms with E-state index in [1.54, 1.807) is 28.9 Å². The lowest BCUT2D eigenvalue weighted by atomic mass is 10.1. The maximum atomic E-state index is 13.0. The molecule has 1 aliphatic rings. The number of nitrogens with zero attached hydrogens (tertiary/aromatic N) is 6. The zero-order valence-electron chi connectivity index (χ0n) is 18.4. The second kappa shape index (κ2) is 8.42. The molecule has 0 unspecified atom stereocenters. The van der Waals surface area contributed by atoms with Gasteiger partial charge in [-0.15, -0.1) is 5.10 Å². The van der Waals surface area contributed by atoms with E-state index in [2.05, 4.69) is 26.5 Å². The summed E-state index contributed by atoms with van der Waals surface area (Å²) in [5.41, 5.74) is 1.23. The van der Waals surface area contributed by atoms with Gasteiger partial charge in [0.25, 0.3) is 0 Å². The number of fused-ring (bicyclic) bond motifs is 1. The highest BCUT2D eigenvalue weighted by atomic mass is 32.2. The number of ether oxygens (including phenoxy) is 1. The Hall–Kier alpha value is -3.56. The third-order valence-corrected chi connectivity index (χ3v) is 7.48. The Morgan fingerprint density at radius 3 is 2.73 bits per heavy atom. The largest absolute Gasteiger partial charge is 0.493 e. The zero-order chi connectivity index (χ0) is 23.8. The van der Waals surface area contributed by atoms with Gasteiger partial charge in [-0.05, 0) is 31.0 Å². The van der Waals surface area contributed by atoms with Gasteiger partial charge in [-0.25, -0.2) is 22.2 Å². The van der Waals surface area contributed by atoms with Gasteiger partial charge in [0.15, 0.2) is 17.2 Å². The SMILES string of the molecule is COc1ccc(-c2cncc(C#N)c2)n2nc(C3(C(=O)NCCS(=O)(=O)N(C)C)CC3)nc12. The van der Waals surface area contributed by atoms with Gasteiger partial charge in [0, 0.05) is 38.6 Å². The van der Waals surface area contributed by atoms with Crippen molar-refractivity contribution < 1.29 is 17.9 Å². The maximum Gasteiger partial charge on any atom is 0.234 e. The number of hydrogen-bond acceptors (Lipinski definition) is 8. The van der Waals surface area contributed by atoms with Crippen molar-refractivity contribution in [3.8, 4) is 23.1 Å². The molecule has 4 rings (SSSR count). The average molecular weight is 470 g/mol. The molecule has 11 nitrogen and oxygen atoms in total. The molecule has 172 valence electrons. The number of aromatic nitrogens is 4. The van der Waals surface area contributed by atoms with Crippen LogP contribution >= 0.6 is 0 Å². The first-order chi connectivity index (χ1) is 15.7. The minimum atomic E-state index is -3.42. The van der Waals surface area contributed by atoms with Crippen LogP contribution in [0.3, 0.4) is 0 Å². The summed E-state index contributed by atoms with van der Waals surface area (Å²) in [6, 6.07) is 7.29. The fourth-order valence-electron chi connectivity index (χ4n) is 3.48. The van der Waals surface area contributed by atoms with E-state index >= 15 is 0 Å². The van der Waals surface area contributed by atoms with Gasteiger partial charge in [-0.1, -0.05) is 0 Å². The lowest BCUT2D eigenvalue weighted by Gasteiger charge is -2.14. The highest BCUT2D eigenvalue weighted by Crippen LogP contribution is 2.47. The van der Waals surface area contributed by atoms with Gasteiger partial charge in [-0.3, -0.25) is 9.78 Å². The number of nitriles is 1. The quantitative estimate of drug-likeness (QED) is 0.508. The molecule has 1 aliphatic carbocycles. The summed E-state index contributed by atoms with van der Waals surface area (Å²) in [4.78, 5) is 21.7. The second-order valence-corrected chi connectivity index (χ2v) is 10.3. The van der Waals surface area contributed by atoms with Crippen LogP contribution in [-0.2, 0) is 20.2 Å². The Bertz CT molecular complexity index is 1370. The predicted octanol–water partition coefficient (Wildman–Crippen LogP) is 0.711. The van der Waals surface area contributed by atoms with Gasteiger partial charge in [0.1, 0.15) is 11.5 Å². The molecule has 0 aromatic carbocycles. The first kappa shape index (κ1) is 22.6. The van der Waals surface area contributed by atoms with Crippen LogP contribution in [0.5, 0.6) is 5.75 Å². The average Bonchev–Trinajstić information content (AvgIpc) is 3.50. The minimum Gasteiger partial charge on any atom is -0.493 e. The molecule has 1 amide bonds. The summed E-state index contributed by atoms with van der Waals surface area (Å²) in [5.74, 6) is 0.322.